The number of halogens is 3. The molecule has 2 heterocycles. The van der Waals surface area contributed by atoms with Gasteiger partial charge >= 0.3 is 5.97 Å². The largest absolute Gasteiger partial charge is 0.508 e. The molecule has 0 radical (unpaired) electrons. The molecule has 4 aromatic carbocycles. The number of H-pyrrole nitrogens is 2. The number of aromatic hydroxyl groups is 1. The molecular formula is C51H51Cl2FN6O6. The van der Waals surface area contributed by atoms with E-state index in [0.29, 0.717) is 39.8 Å². The van der Waals surface area contributed by atoms with Crippen molar-refractivity contribution in [3.05, 3.63) is 169 Å². The molecule has 0 unspecified atom stereocenters. The molecule has 66 heavy (non-hydrogen) atoms. The number of fused-ring (bicyclic) bond motifs is 2. The average molecular weight is 934 g/mol. The first-order valence-corrected chi connectivity index (χ1v) is 22.6. The maximum absolute atomic E-state index is 13.2. The number of benzene rings is 4. The number of aliphatic hydroxyl groups is 1. The van der Waals surface area contributed by atoms with Crippen molar-refractivity contribution in [2.24, 2.45) is 0 Å². The Morgan fingerprint density at radius 2 is 1.26 bits per heavy atom. The molecule has 2 aliphatic rings. The Morgan fingerprint density at radius 1 is 0.712 bits per heavy atom. The number of allylic oxidation sites excluding steroid dienone is 2. The van der Waals surface area contributed by atoms with E-state index in [1.165, 1.54) is 19.2 Å². The van der Waals surface area contributed by atoms with Crippen LogP contribution in [0.25, 0.3) is 23.3 Å². The van der Waals surface area contributed by atoms with Crippen LogP contribution in [0.2, 0.25) is 10.0 Å². The Bertz CT molecular complexity index is 2700. The van der Waals surface area contributed by atoms with Crippen LogP contribution in [0.15, 0.2) is 97.1 Å². The molecule has 0 fully saturated rings. The van der Waals surface area contributed by atoms with E-state index in [-0.39, 0.29) is 30.5 Å². The molecule has 6 aromatic rings. The smallest absolute Gasteiger partial charge is 0.328 e. The molecule has 6 N–H and O–H groups in total. The lowest BCUT2D eigenvalue weighted by Crippen LogP contribution is -2.43. The lowest BCUT2D eigenvalue weighted by atomic mass is 10.0. The molecule has 0 saturated heterocycles. The minimum Gasteiger partial charge on any atom is -0.508 e. The van der Waals surface area contributed by atoms with Crippen LogP contribution in [0, 0.1) is 5.82 Å². The van der Waals surface area contributed by atoms with Crippen LogP contribution in [0.3, 0.4) is 0 Å². The van der Waals surface area contributed by atoms with Gasteiger partial charge in [-0.25, -0.2) is 9.18 Å². The number of methoxy groups -OCH3 is 1. The highest BCUT2D eigenvalue weighted by molar-refractivity contribution is 6.31. The number of carbonyl (C=O) groups is 3. The van der Waals surface area contributed by atoms with Crippen molar-refractivity contribution >= 4 is 64.3 Å². The van der Waals surface area contributed by atoms with Gasteiger partial charge in [0.05, 0.1) is 31.1 Å². The van der Waals surface area contributed by atoms with Crippen molar-refractivity contribution < 1.29 is 33.7 Å². The van der Waals surface area contributed by atoms with E-state index >= 15 is 0 Å². The first-order chi connectivity index (χ1) is 32.0. The van der Waals surface area contributed by atoms with E-state index in [4.69, 9.17) is 27.9 Å². The molecule has 15 heteroatoms. The summed E-state index contributed by atoms with van der Waals surface area (Å²) in [6, 6.07) is 26.4. The van der Waals surface area contributed by atoms with Crippen LogP contribution in [0.4, 0.5) is 4.39 Å². The number of esters is 1. The Kier molecular flexibility index (Phi) is 16.2. The van der Waals surface area contributed by atoms with E-state index in [2.05, 4.69) is 43.2 Å². The number of phenols is 1. The third-order valence-corrected chi connectivity index (χ3v) is 12.0. The predicted octanol–water partition coefficient (Wildman–Crippen LogP) is 9.35. The maximum atomic E-state index is 13.2. The molecule has 12 nitrogen and oxygen atoms in total. The number of nitrogens with one attached hydrogen (secondary N) is 4. The van der Waals surface area contributed by atoms with Gasteiger partial charge in [0.2, 0.25) is 0 Å². The molecule has 2 aromatic heterocycles. The topological polar surface area (TPSA) is 182 Å². The van der Waals surface area contributed by atoms with Crippen LogP contribution in [0.5, 0.6) is 5.75 Å². The highest BCUT2D eigenvalue weighted by Crippen LogP contribution is 2.33. The molecule has 0 spiro atoms. The summed E-state index contributed by atoms with van der Waals surface area (Å²) < 4.78 is 18.1. The van der Waals surface area contributed by atoms with Crippen molar-refractivity contribution in [2.75, 3.05) is 13.7 Å². The Balaban J connectivity index is 0.000000197. The molecule has 2 aliphatic carbocycles. The highest BCUT2D eigenvalue weighted by Gasteiger charge is 2.29. The highest BCUT2D eigenvalue weighted by atomic mass is 35.5. The number of amides is 2. The van der Waals surface area contributed by atoms with E-state index in [0.717, 1.165) is 95.3 Å². The van der Waals surface area contributed by atoms with Crippen LogP contribution in [-0.4, -0.2) is 74.2 Å². The van der Waals surface area contributed by atoms with Gasteiger partial charge in [-0.2, -0.15) is 10.2 Å². The lowest BCUT2D eigenvalue weighted by Gasteiger charge is -2.16. The summed E-state index contributed by atoms with van der Waals surface area (Å²) in [4.78, 5) is 38.6. The zero-order valence-electron chi connectivity index (χ0n) is 36.4. The fraction of sp³-hybridized carbons (Fsp3) is 0.275. The maximum Gasteiger partial charge on any atom is 0.328 e. The summed E-state index contributed by atoms with van der Waals surface area (Å²) in [5, 5.41) is 41.0. The van der Waals surface area contributed by atoms with Crippen LogP contribution in [-0.2, 0) is 35.2 Å². The standard InChI is InChI=1S/C26H25ClFN3O3.C25H26ClN3O3/c1-34-26(33)22(15-17-8-12-20(28)13-9-17)29-25(32)24-21-5-3-2-4-18(23(21)30-31-24)14-16-6-10-19(27)11-7-16;26-19-6-3-4-17(13-19)12-18-5-1-2-7-22-23(18)28-29-24(22)25(32)27-20(15-30)14-16-8-10-21(31)11-9-16/h6-14,22H,2-5,15H2,1H3,(H,29,32)(H,30,31);3-4,6,8-13,20,30-31H,1-2,5,7,14-15H2,(H,27,32)(H,28,29)/b18-14+;18-12+/t22-;20-/m10/s1. The number of nitrogens with zero attached hydrogens (tertiary/aromatic N) is 2. The van der Waals surface area contributed by atoms with E-state index in [1.807, 2.05) is 48.5 Å². The number of aromatic amines is 2. The molecule has 0 bridgehead atoms. The molecule has 2 atom stereocenters. The summed E-state index contributed by atoms with van der Waals surface area (Å²) in [6.07, 6.45) is 11.9. The van der Waals surface area contributed by atoms with Gasteiger partial charge in [-0.05, 0) is 152 Å². The number of hydrogen-bond donors (Lipinski definition) is 6. The predicted molar refractivity (Wildman–Crippen MR) is 254 cm³/mol. The van der Waals surface area contributed by atoms with Gasteiger partial charge in [0, 0.05) is 27.6 Å². The zero-order chi connectivity index (χ0) is 46.6. The van der Waals surface area contributed by atoms with Crippen LogP contribution < -0.4 is 10.6 Å². The first kappa shape index (κ1) is 47.4. The Morgan fingerprint density at radius 3 is 1.83 bits per heavy atom. The molecule has 2 amide bonds. The molecule has 0 aliphatic heterocycles. The van der Waals surface area contributed by atoms with Crippen molar-refractivity contribution in [2.45, 2.75) is 76.3 Å². The third-order valence-electron chi connectivity index (χ3n) is 11.6. The van der Waals surface area contributed by atoms with Gasteiger partial charge in [0.1, 0.15) is 29.0 Å². The summed E-state index contributed by atoms with van der Waals surface area (Å²) in [7, 11) is 1.27. The van der Waals surface area contributed by atoms with E-state index in [9.17, 15) is 29.0 Å². The molecular weight excluding hydrogens is 883 g/mol. The number of aliphatic hydroxyl groups excluding tert-OH is 1. The SMILES string of the molecule is COC(=O)[C@@H](Cc1ccc(F)cc1)NC(=O)c1[nH]nc2c1CCCC/C2=C\c1ccc(Cl)cc1.O=C(N[C@H](CO)Cc1ccc(O)cc1)c1[nH]nc2c1CCCC/C2=C\c1cccc(Cl)c1. The van der Waals surface area contributed by atoms with Gasteiger partial charge in [-0.1, -0.05) is 71.7 Å². The van der Waals surface area contributed by atoms with E-state index < -0.39 is 24.0 Å². The van der Waals surface area contributed by atoms with Gasteiger partial charge in [-0.3, -0.25) is 19.8 Å². The van der Waals surface area contributed by atoms with Crippen LogP contribution >= 0.6 is 23.2 Å². The zero-order valence-corrected chi connectivity index (χ0v) is 37.9. The van der Waals surface area contributed by atoms with Crippen LogP contribution in [0.1, 0.15) is 104 Å². The number of carbonyl (C=O) groups excluding carboxylic acids is 3. The summed E-state index contributed by atoms with van der Waals surface area (Å²) in [5.41, 5.74) is 9.88. The third kappa shape index (κ3) is 12.4. The second kappa shape index (κ2) is 22.6. The summed E-state index contributed by atoms with van der Waals surface area (Å²) in [6.45, 7) is -0.192. The summed E-state index contributed by atoms with van der Waals surface area (Å²) >= 11 is 12.1. The number of phenolic OH excluding ortho intramolecular Hbond substituents is 1. The fourth-order valence-electron chi connectivity index (χ4n) is 8.19. The normalized spacial score (nSPS) is 15.5. The monoisotopic (exact) mass is 932 g/mol. The minimum absolute atomic E-state index is 0.177. The second-order valence-corrected chi connectivity index (χ2v) is 17.2. The molecule has 0 saturated carbocycles. The second-order valence-electron chi connectivity index (χ2n) is 16.3. The molecule has 8 rings (SSSR count). The Hall–Kier alpha value is -6.54. The molecule has 342 valence electrons. The Labute approximate surface area is 392 Å². The van der Waals surface area contributed by atoms with Crippen molar-refractivity contribution in [1.82, 2.24) is 31.0 Å². The lowest BCUT2D eigenvalue weighted by molar-refractivity contribution is -0.142. The van der Waals surface area contributed by atoms with Gasteiger partial charge in [0.25, 0.3) is 11.8 Å². The minimum atomic E-state index is -0.920. The number of aromatic nitrogens is 4. The fourth-order valence-corrected chi connectivity index (χ4v) is 8.52. The number of rotatable bonds is 12. The van der Waals surface area contributed by atoms with Gasteiger partial charge in [-0.15, -0.1) is 0 Å². The van der Waals surface area contributed by atoms with Gasteiger partial charge < -0.3 is 25.6 Å². The van der Waals surface area contributed by atoms with Crippen molar-refractivity contribution in [3.63, 3.8) is 0 Å². The number of ether oxygens (including phenoxy) is 1. The van der Waals surface area contributed by atoms with E-state index in [1.54, 1.807) is 36.4 Å². The average Bonchev–Trinajstić information content (AvgIpc) is 3.82. The number of hydrogen-bond acceptors (Lipinski definition) is 8. The summed E-state index contributed by atoms with van der Waals surface area (Å²) in [5.74, 6) is -1.48. The first-order valence-electron chi connectivity index (χ1n) is 21.9. The van der Waals surface area contributed by atoms with Crippen molar-refractivity contribution in [3.8, 4) is 5.75 Å². The van der Waals surface area contributed by atoms with Crippen molar-refractivity contribution in [1.29, 1.82) is 0 Å². The quantitative estimate of drug-likeness (QED) is 0.0519. The van der Waals surface area contributed by atoms with Gasteiger partial charge in [0.15, 0.2) is 0 Å².